The van der Waals surface area contributed by atoms with Crippen molar-refractivity contribution in [1.82, 2.24) is 10.3 Å². The molecule has 7 nitrogen and oxygen atoms in total. The predicted molar refractivity (Wildman–Crippen MR) is 134 cm³/mol. The van der Waals surface area contributed by atoms with Crippen LogP contribution in [0.5, 0.6) is 0 Å². The maximum Gasteiger partial charge on any atom is 0.329 e. The smallest absolute Gasteiger partial charge is 0.329 e. The van der Waals surface area contributed by atoms with Gasteiger partial charge in [-0.1, -0.05) is 54.6 Å². The number of carbonyl (C=O) groups is 3. The highest BCUT2D eigenvalue weighted by Gasteiger charge is 2.51. The second-order valence-electron chi connectivity index (χ2n) is 8.74. The number of amides is 2. The largest absolute Gasteiger partial charge is 0.480 e. The molecule has 3 aromatic rings. The van der Waals surface area contributed by atoms with Crippen LogP contribution in [0.4, 0.5) is 0 Å². The highest BCUT2D eigenvalue weighted by molar-refractivity contribution is 5.98. The summed E-state index contributed by atoms with van der Waals surface area (Å²) in [4.78, 5) is 37.0. The van der Waals surface area contributed by atoms with E-state index in [4.69, 9.17) is 10.8 Å². The van der Waals surface area contributed by atoms with Gasteiger partial charge in [0.05, 0.1) is 12.0 Å². The van der Waals surface area contributed by atoms with Crippen molar-refractivity contribution < 1.29 is 19.5 Å². The number of aryl methyl sites for hydroxylation is 2. The summed E-state index contributed by atoms with van der Waals surface area (Å²) in [5.41, 5.74) is 8.25. The molecule has 1 fully saturated rings. The van der Waals surface area contributed by atoms with Gasteiger partial charge in [-0.2, -0.15) is 0 Å². The Labute approximate surface area is 205 Å². The molecule has 0 atom stereocenters. The molecule has 1 aliphatic carbocycles. The number of carboxylic acid groups (broad SMARTS) is 1. The average Bonchev–Trinajstić information content (AvgIpc) is 3.65. The first-order valence-corrected chi connectivity index (χ1v) is 11.7. The minimum Gasteiger partial charge on any atom is -0.480 e. The number of unbranched alkanes of at least 4 members (excludes halogenated alkanes) is 1. The van der Waals surface area contributed by atoms with Gasteiger partial charge in [0.2, 0.25) is 5.91 Å². The number of hydrogen-bond donors (Lipinski definition) is 3. The summed E-state index contributed by atoms with van der Waals surface area (Å²) < 4.78 is 0. The first-order valence-electron chi connectivity index (χ1n) is 11.7. The van der Waals surface area contributed by atoms with Crippen molar-refractivity contribution in [2.75, 3.05) is 0 Å². The quantitative estimate of drug-likeness (QED) is 0.388. The van der Waals surface area contributed by atoms with E-state index in [2.05, 4.69) is 52.8 Å². The number of carboxylic acids is 1. The minimum atomic E-state index is -1.03. The number of aliphatic carboxylic acids is 1. The van der Waals surface area contributed by atoms with E-state index in [1.54, 1.807) is 18.3 Å². The second kappa shape index (κ2) is 12.5. The third-order valence-electron chi connectivity index (χ3n) is 5.86. The summed E-state index contributed by atoms with van der Waals surface area (Å²) in [6.45, 7) is 0. The fraction of sp³-hybridized carbons (Fsp3) is 0.286. The first-order chi connectivity index (χ1) is 16.9. The third kappa shape index (κ3) is 8.37. The van der Waals surface area contributed by atoms with Crippen LogP contribution in [0.3, 0.4) is 0 Å². The van der Waals surface area contributed by atoms with Crippen LogP contribution in [-0.2, 0) is 28.9 Å². The number of aromatic nitrogens is 1. The van der Waals surface area contributed by atoms with E-state index in [1.807, 2.05) is 12.1 Å². The molecule has 0 bridgehead atoms. The number of nitrogens with two attached hydrogens (primary N) is 1. The summed E-state index contributed by atoms with van der Waals surface area (Å²) in [6.07, 6.45) is 8.90. The van der Waals surface area contributed by atoms with E-state index < -0.39 is 11.5 Å². The zero-order chi connectivity index (χ0) is 25.1. The molecule has 0 unspecified atom stereocenters. The lowest BCUT2D eigenvalue weighted by molar-refractivity contribution is -0.140. The molecule has 7 heteroatoms. The number of nitrogens with one attached hydrogen (secondary N) is 1. The Morgan fingerprint density at radius 1 is 0.857 bits per heavy atom. The number of benzene rings is 2. The normalized spacial score (nSPS) is 13.1. The number of rotatable bonds is 10. The Balaban J connectivity index is 0.000000203. The van der Waals surface area contributed by atoms with Crippen molar-refractivity contribution in [3.8, 4) is 0 Å². The number of carbonyl (C=O) groups excluding carboxylic acids is 2. The van der Waals surface area contributed by atoms with Gasteiger partial charge in [-0.25, -0.2) is 4.79 Å². The van der Waals surface area contributed by atoms with Gasteiger partial charge in [0, 0.05) is 12.4 Å². The Bertz CT molecular complexity index is 1110. The molecule has 35 heavy (non-hydrogen) atoms. The van der Waals surface area contributed by atoms with Crippen LogP contribution < -0.4 is 11.1 Å². The predicted octanol–water partition coefficient (Wildman–Crippen LogP) is 3.71. The molecular weight excluding hydrogens is 442 g/mol. The van der Waals surface area contributed by atoms with Gasteiger partial charge >= 0.3 is 5.97 Å². The van der Waals surface area contributed by atoms with E-state index in [9.17, 15) is 14.4 Å². The lowest BCUT2D eigenvalue weighted by atomic mass is 10.0. The van der Waals surface area contributed by atoms with E-state index in [-0.39, 0.29) is 11.8 Å². The van der Waals surface area contributed by atoms with Crippen LogP contribution in [0, 0.1) is 0 Å². The lowest BCUT2D eigenvalue weighted by Crippen LogP contribution is -2.43. The van der Waals surface area contributed by atoms with Crippen molar-refractivity contribution in [3.63, 3.8) is 0 Å². The fourth-order valence-corrected chi connectivity index (χ4v) is 3.63. The zero-order valence-electron chi connectivity index (χ0n) is 19.7. The van der Waals surface area contributed by atoms with Gasteiger partial charge in [0.25, 0.3) is 5.91 Å². The SMILES string of the molecule is NC(=O)Cc1ccc(CCCCc2ccccc2)cc1.O=C(NC1(C(=O)O)CC1)c1cccnc1. The van der Waals surface area contributed by atoms with Crippen LogP contribution in [0.1, 0.15) is 52.7 Å². The summed E-state index contributed by atoms with van der Waals surface area (Å²) in [5, 5.41) is 11.4. The highest BCUT2D eigenvalue weighted by Crippen LogP contribution is 2.35. The van der Waals surface area contributed by atoms with Gasteiger partial charge < -0.3 is 16.2 Å². The molecular formula is C28H31N3O4. The summed E-state index contributed by atoms with van der Waals surface area (Å²) in [5.74, 6) is -1.64. The average molecular weight is 474 g/mol. The molecule has 4 N–H and O–H groups in total. The number of hydrogen-bond acceptors (Lipinski definition) is 4. The Kier molecular flexibility index (Phi) is 9.12. The van der Waals surface area contributed by atoms with Crippen LogP contribution in [-0.4, -0.2) is 33.4 Å². The molecule has 4 rings (SSSR count). The van der Waals surface area contributed by atoms with E-state index in [0.29, 0.717) is 24.8 Å². The topological polar surface area (TPSA) is 122 Å². The lowest BCUT2D eigenvalue weighted by Gasteiger charge is -2.11. The Morgan fingerprint density at radius 2 is 1.46 bits per heavy atom. The second-order valence-corrected chi connectivity index (χ2v) is 8.74. The van der Waals surface area contributed by atoms with Crippen molar-refractivity contribution in [2.24, 2.45) is 5.73 Å². The standard InChI is InChI=1S/C18H21NO.C10H10N2O3/c19-18(20)14-17-12-10-16(11-13-17)9-5-4-8-15-6-2-1-3-7-15;13-8(7-2-1-5-11-6-7)12-10(3-4-10)9(14)15/h1-3,6-7,10-13H,4-5,8-9,14H2,(H2,19,20);1-2,5-6H,3-4H2,(H,12,13)(H,14,15). The molecule has 182 valence electrons. The molecule has 2 amide bonds. The monoisotopic (exact) mass is 473 g/mol. The van der Waals surface area contributed by atoms with Crippen molar-refractivity contribution in [2.45, 2.75) is 50.5 Å². The molecule has 0 saturated heterocycles. The summed E-state index contributed by atoms with van der Waals surface area (Å²) in [7, 11) is 0. The van der Waals surface area contributed by atoms with Crippen molar-refractivity contribution in [1.29, 1.82) is 0 Å². The number of pyridine rings is 1. The van der Waals surface area contributed by atoms with Crippen LogP contribution >= 0.6 is 0 Å². The van der Waals surface area contributed by atoms with Gasteiger partial charge in [0.15, 0.2) is 0 Å². The molecule has 0 spiro atoms. The summed E-state index contributed by atoms with van der Waals surface area (Å²) in [6, 6.07) is 22.0. The van der Waals surface area contributed by atoms with Gasteiger partial charge in [-0.3, -0.25) is 14.6 Å². The van der Waals surface area contributed by atoms with Crippen LogP contribution in [0.25, 0.3) is 0 Å². The molecule has 1 aromatic heterocycles. The van der Waals surface area contributed by atoms with Crippen molar-refractivity contribution >= 4 is 17.8 Å². The van der Waals surface area contributed by atoms with Crippen molar-refractivity contribution in [3.05, 3.63) is 101 Å². The molecule has 1 heterocycles. The maximum absolute atomic E-state index is 11.6. The Hall–Kier alpha value is -4.00. The maximum atomic E-state index is 11.6. The van der Waals surface area contributed by atoms with Gasteiger partial charge in [-0.05, 0) is 67.3 Å². The first kappa shape index (κ1) is 25.6. The molecule has 0 aliphatic heterocycles. The number of nitrogens with zero attached hydrogens (tertiary/aromatic N) is 1. The third-order valence-corrected chi connectivity index (χ3v) is 5.86. The Morgan fingerprint density at radius 3 is 1.97 bits per heavy atom. The highest BCUT2D eigenvalue weighted by atomic mass is 16.4. The van der Waals surface area contributed by atoms with Crippen LogP contribution in [0.15, 0.2) is 79.1 Å². The molecule has 2 aromatic carbocycles. The summed E-state index contributed by atoms with van der Waals surface area (Å²) >= 11 is 0. The van der Waals surface area contributed by atoms with Crippen LogP contribution in [0.2, 0.25) is 0 Å². The minimum absolute atomic E-state index is 0.277. The molecule has 1 aliphatic rings. The van der Waals surface area contributed by atoms with E-state index in [0.717, 1.165) is 18.4 Å². The van der Waals surface area contributed by atoms with E-state index in [1.165, 1.54) is 30.2 Å². The van der Waals surface area contributed by atoms with E-state index >= 15 is 0 Å². The van der Waals surface area contributed by atoms with Gasteiger partial charge in [0.1, 0.15) is 5.54 Å². The fourth-order valence-electron chi connectivity index (χ4n) is 3.63. The van der Waals surface area contributed by atoms with Gasteiger partial charge in [-0.15, -0.1) is 0 Å². The number of primary amides is 1. The molecule has 0 radical (unpaired) electrons. The zero-order valence-corrected chi connectivity index (χ0v) is 19.7. The molecule has 1 saturated carbocycles.